The van der Waals surface area contributed by atoms with Crippen LogP contribution in [0.5, 0.6) is 0 Å². The Morgan fingerprint density at radius 3 is 2.00 bits per heavy atom. The molecule has 0 saturated carbocycles. The molecule has 0 aromatic rings. The average Bonchev–Trinajstić information content (AvgIpc) is 2.18. The number of amides is 1. The van der Waals surface area contributed by atoms with Crippen LogP contribution in [0.15, 0.2) is 0 Å². The van der Waals surface area contributed by atoms with Gasteiger partial charge in [-0.2, -0.15) is 0 Å². The molecule has 0 spiro atoms. The minimum Gasteiger partial charge on any atom is -0.376 e. The Morgan fingerprint density at radius 1 is 1.33 bits per heavy atom. The lowest BCUT2D eigenvalue weighted by molar-refractivity contribution is -0.119. The number of hydrogen-bond donors (Lipinski definition) is 2. The number of carbonyl (C=O) groups is 1. The lowest BCUT2D eigenvalue weighted by Gasteiger charge is -2.24. The molecule has 0 aliphatic rings. The van der Waals surface area contributed by atoms with Crippen molar-refractivity contribution in [1.29, 1.82) is 0 Å². The highest BCUT2D eigenvalue weighted by Gasteiger charge is 2.16. The van der Waals surface area contributed by atoms with E-state index >= 15 is 0 Å². The SMILES string of the molecule is CC.CC(C)N.CCOC(C)(C)CCNC(C)=O. The summed E-state index contributed by atoms with van der Waals surface area (Å²) in [6, 6.07) is 0.333. The fourth-order valence-electron chi connectivity index (χ4n) is 1.00. The molecule has 0 atom stereocenters. The van der Waals surface area contributed by atoms with E-state index in [4.69, 9.17) is 10.5 Å². The van der Waals surface area contributed by atoms with Gasteiger partial charge in [0.25, 0.3) is 0 Å². The van der Waals surface area contributed by atoms with Gasteiger partial charge < -0.3 is 15.8 Å². The van der Waals surface area contributed by atoms with Gasteiger partial charge in [0.05, 0.1) is 5.60 Å². The molecule has 0 aliphatic carbocycles. The van der Waals surface area contributed by atoms with Crippen LogP contribution in [0, 0.1) is 0 Å². The van der Waals surface area contributed by atoms with E-state index in [9.17, 15) is 4.79 Å². The summed E-state index contributed by atoms with van der Waals surface area (Å²) in [5, 5.41) is 2.74. The van der Waals surface area contributed by atoms with Gasteiger partial charge >= 0.3 is 0 Å². The Balaban J connectivity index is -0.000000317. The fraction of sp³-hybridized carbons (Fsp3) is 0.929. The summed E-state index contributed by atoms with van der Waals surface area (Å²) in [5.41, 5.74) is 4.98. The summed E-state index contributed by atoms with van der Waals surface area (Å²) >= 11 is 0. The molecule has 0 fully saturated rings. The van der Waals surface area contributed by atoms with Crippen molar-refractivity contribution >= 4 is 5.91 Å². The average molecular weight is 262 g/mol. The van der Waals surface area contributed by atoms with E-state index in [-0.39, 0.29) is 11.5 Å². The molecule has 1 amide bonds. The summed E-state index contributed by atoms with van der Waals surface area (Å²) < 4.78 is 5.46. The number of rotatable bonds is 5. The maximum Gasteiger partial charge on any atom is 0.216 e. The number of nitrogens with two attached hydrogens (primary N) is 1. The van der Waals surface area contributed by atoms with Gasteiger partial charge in [-0.05, 0) is 33.2 Å². The number of hydrogen-bond acceptors (Lipinski definition) is 3. The number of carbonyl (C=O) groups excluding carboxylic acids is 1. The van der Waals surface area contributed by atoms with E-state index < -0.39 is 0 Å². The van der Waals surface area contributed by atoms with Crippen LogP contribution in [0.3, 0.4) is 0 Å². The third kappa shape index (κ3) is 29.5. The van der Waals surface area contributed by atoms with Crippen molar-refractivity contribution < 1.29 is 9.53 Å². The molecule has 0 radical (unpaired) electrons. The summed E-state index contributed by atoms with van der Waals surface area (Å²) in [4.78, 5) is 10.5. The van der Waals surface area contributed by atoms with Crippen molar-refractivity contribution in [3.8, 4) is 0 Å². The molecule has 18 heavy (non-hydrogen) atoms. The van der Waals surface area contributed by atoms with Crippen molar-refractivity contribution in [2.75, 3.05) is 13.2 Å². The molecule has 3 N–H and O–H groups in total. The highest BCUT2D eigenvalue weighted by Crippen LogP contribution is 2.12. The lowest BCUT2D eigenvalue weighted by Crippen LogP contribution is -2.31. The van der Waals surface area contributed by atoms with Gasteiger partial charge in [0.2, 0.25) is 5.91 Å². The summed E-state index contributed by atoms with van der Waals surface area (Å²) in [7, 11) is 0. The zero-order valence-electron chi connectivity index (χ0n) is 13.6. The van der Waals surface area contributed by atoms with Gasteiger partial charge in [0, 0.05) is 20.1 Å². The van der Waals surface area contributed by atoms with Crippen LogP contribution >= 0.6 is 0 Å². The Kier molecular flexibility index (Phi) is 18.1. The smallest absolute Gasteiger partial charge is 0.216 e. The van der Waals surface area contributed by atoms with E-state index in [0.29, 0.717) is 19.2 Å². The van der Waals surface area contributed by atoms with Crippen molar-refractivity contribution in [1.82, 2.24) is 5.32 Å². The largest absolute Gasteiger partial charge is 0.376 e. The third-order valence-corrected chi connectivity index (χ3v) is 1.64. The van der Waals surface area contributed by atoms with E-state index in [2.05, 4.69) is 5.32 Å². The normalized spacial score (nSPS) is 9.89. The van der Waals surface area contributed by atoms with Crippen molar-refractivity contribution in [3.63, 3.8) is 0 Å². The van der Waals surface area contributed by atoms with Crippen molar-refractivity contribution in [2.45, 2.75) is 73.5 Å². The summed E-state index contributed by atoms with van der Waals surface area (Å²) in [6.45, 7) is 16.8. The number of ether oxygens (including phenoxy) is 1. The topological polar surface area (TPSA) is 64.3 Å². The molecule has 0 aliphatic heterocycles. The number of nitrogens with one attached hydrogen (secondary N) is 1. The van der Waals surface area contributed by atoms with Crippen LogP contribution in [0.25, 0.3) is 0 Å². The van der Waals surface area contributed by atoms with Crippen molar-refractivity contribution in [3.05, 3.63) is 0 Å². The van der Waals surface area contributed by atoms with Crippen LogP contribution in [0.4, 0.5) is 0 Å². The quantitative estimate of drug-likeness (QED) is 0.800. The molecule has 4 nitrogen and oxygen atoms in total. The van der Waals surface area contributed by atoms with Crippen LogP contribution in [0.1, 0.15) is 61.8 Å². The molecule has 112 valence electrons. The third-order valence-electron chi connectivity index (χ3n) is 1.64. The maximum absolute atomic E-state index is 10.5. The van der Waals surface area contributed by atoms with Gasteiger partial charge in [-0.3, -0.25) is 4.79 Å². The van der Waals surface area contributed by atoms with Gasteiger partial charge in [-0.1, -0.05) is 27.7 Å². The molecular weight excluding hydrogens is 228 g/mol. The highest BCUT2D eigenvalue weighted by atomic mass is 16.5. The van der Waals surface area contributed by atoms with Crippen LogP contribution in [-0.2, 0) is 9.53 Å². The van der Waals surface area contributed by atoms with Gasteiger partial charge in [-0.15, -0.1) is 0 Å². The molecular formula is C14H34N2O2. The standard InChI is InChI=1S/C9H19NO2.C3H9N.C2H6/c1-5-12-9(3,4)6-7-10-8(2)11;1-3(2)4;1-2/h5-7H2,1-4H3,(H,10,11);3H,4H2,1-2H3;1-2H3. The predicted molar refractivity (Wildman–Crippen MR) is 79.7 cm³/mol. The Labute approximate surface area is 114 Å². The van der Waals surface area contributed by atoms with Gasteiger partial charge in [0.1, 0.15) is 0 Å². The van der Waals surface area contributed by atoms with Gasteiger partial charge in [-0.25, -0.2) is 0 Å². The first-order valence-corrected chi connectivity index (χ1v) is 6.85. The zero-order valence-corrected chi connectivity index (χ0v) is 13.6. The first-order valence-electron chi connectivity index (χ1n) is 6.85. The van der Waals surface area contributed by atoms with Gasteiger partial charge in [0.15, 0.2) is 0 Å². The second-order valence-electron chi connectivity index (χ2n) is 4.67. The summed E-state index contributed by atoms with van der Waals surface area (Å²) in [6.07, 6.45) is 0.848. The van der Waals surface area contributed by atoms with Crippen molar-refractivity contribution in [2.24, 2.45) is 5.73 Å². The minimum absolute atomic E-state index is 0.0160. The molecule has 0 rings (SSSR count). The first kappa shape index (κ1) is 22.6. The monoisotopic (exact) mass is 262 g/mol. The maximum atomic E-state index is 10.5. The Hall–Kier alpha value is -0.610. The van der Waals surface area contributed by atoms with Crippen LogP contribution in [-0.4, -0.2) is 30.7 Å². The Morgan fingerprint density at radius 2 is 1.72 bits per heavy atom. The summed E-state index contributed by atoms with van der Waals surface area (Å²) in [5.74, 6) is 0.0160. The van der Waals surface area contributed by atoms with E-state index in [1.54, 1.807) is 0 Å². The molecule has 0 bridgehead atoms. The van der Waals surface area contributed by atoms with E-state index in [1.165, 1.54) is 6.92 Å². The predicted octanol–water partition coefficient (Wildman–Crippen LogP) is 2.71. The zero-order chi connectivity index (χ0) is 15.2. The second-order valence-corrected chi connectivity index (χ2v) is 4.67. The molecule has 4 heteroatoms. The molecule has 0 aromatic heterocycles. The minimum atomic E-state index is -0.128. The van der Waals surface area contributed by atoms with Crippen LogP contribution < -0.4 is 11.1 Å². The van der Waals surface area contributed by atoms with E-state index in [0.717, 1.165) is 6.42 Å². The molecule has 0 saturated heterocycles. The Bertz CT molecular complexity index is 178. The van der Waals surface area contributed by atoms with E-state index in [1.807, 2.05) is 48.5 Å². The highest BCUT2D eigenvalue weighted by molar-refractivity contribution is 5.72. The van der Waals surface area contributed by atoms with Crippen LogP contribution in [0.2, 0.25) is 0 Å². The lowest BCUT2D eigenvalue weighted by atomic mass is 10.1. The molecule has 0 heterocycles. The first-order chi connectivity index (χ1) is 8.21. The fourth-order valence-corrected chi connectivity index (χ4v) is 1.00. The molecule has 0 unspecified atom stereocenters. The second kappa shape index (κ2) is 14.5. The molecule has 0 aromatic carbocycles.